The second-order valence-electron chi connectivity index (χ2n) is 4.40. The lowest BCUT2D eigenvalue weighted by Gasteiger charge is -2.30. The molecule has 1 aromatic rings. The Bertz CT molecular complexity index is 330. The highest BCUT2D eigenvalue weighted by atomic mass is 19.1. The maximum absolute atomic E-state index is 12.7. The van der Waals surface area contributed by atoms with Crippen LogP contribution in [0.4, 0.5) is 4.39 Å². The van der Waals surface area contributed by atoms with Crippen molar-refractivity contribution in [1.29, 1.82) is 0 Å². The van der Waals surface area contributed by atoms with Crippen LogP contribution < -0.4 is 5.32 Å². The van der Waals surface area contributed by atoms with E-state index in [1.54, 1.807) is 12.1 Å². The summed E-state index contributed by atoms with van der Waals surface area (Å²) in [5.74, 6) is -0.268. The molecule has 3 heteroatoms. The fourth-order valence-electron chi connectivity index (χ4n) is 2.16. The topological polar surface area (TPSA) is 32.3 Å². The predicted molar refractivity (Wildman–Crippen MR) is 57.0 cm³/mol. The van der Waals surface area contributed by atoms with Crippen LogP contribution in [-0.4, -0.2) is 17.2 Å². The Balaban J connectivity index is 2.19. The van der Waals surface area contributed by atoms with Gasteiger partial charge in [-0.25, -0.2) is 4.39 Å². The number of aliphatic hydroxyl groups excluding tert-OH is 1. The molecule has 0 radical (unpaired) electrons. The number of hydrogen-bond acceptors (Lipinski definition) is 2. The summed E-state index contributed by atoms with van der Waals surface area (Å²) in [4.78, 5) is 0. The quantitative estimate of drug-likeness (QED) is 0.780. The van der Waals surface area contributed by atoms with Gasteiger partial charge in [-0.3, -0.25) is 0 Å². The molecule has 1 aliphatic heterocycles. The fourth-order valence-corrected chi connectivity index (χ4v) is 2.16. The van der Waals surface area contributed by atoms with Crippen LogP contribution in [0.2, 0.25) is 0 Å². The fraction of sp³-hybridized carbons (Fsp3) is 0.500. The van der Waals surface area contributed by atoms with E-state index in [9.17, 15) is 9.50 Å². The molecule has 2 nitrogen and oxygen atoms in total. The van der Waals surface area contributed by atoms with Gasteiger partial charge in [0.15, 0.2) is 0 Å². The molecule has 1 fully saturated rings. The summed E-state index contributed by atoms with van der Waals surface area (Å²) in [6.07, 6.45) is 1.46. The summed E-state index contributed by atoms with van der Waals surface area (Å²) in [5.41, 5.74) is 0.506. The second-order valence-corrected chi connectivity index (χ2v) is 4.40. The van der Waals surface area contributed by atoms with Gasteiger partial charge in [0.25, 0.3) is 0 Å². The highest BCUT2D eigenvalue weighted by Gasteiger charge is 2.36. The number of hydrogen-bond donors (Lipinski definition) is 2. The van der Waals surface area contributed by atoms with Gasteiger partial charge in [-0.15, -0.1) is 0 Å². The molecule has 1 heterocycles. The van der Waals surface area contributed by atoms with Gasteiger partial charge in [-0.2, -0.15) is 0 Å². The van der Waals surface area contributed by atoms with Gasteiger partial charge in [-0.05, 0) is 44.0 Å². The molecule has 0 amide bonds. The van der Waals surface area contributed by atoms with Crippen molar-refractivity contribution in [3.63, 3.8) is 0 Å². The Labute approximate surface area is 89.1 Å². The molecule has 0 saturated carbocycles. The van der Waals surface area contributed by atoms with Gasteiger partial charge in [-0.1, -0.05) is 12.1 Å². The van der Waals surface area contributed by atoms with E-state index in [4.69, 9.17) is 0 Å². The number of halogens is 1. The van der Waals surface area contributed by atoms with Crippen molar-refractivity contribution < 1.29 is 9.50 Å². The first kappa shape index (κ1) is 10.6. The first-order valence-corrected chi connectivity index (χ1v) is 5.30. The number of aliphatic hydroxyl groups is 1. The first-order valence-electron chi connectivity index (χ1n) is 5.30. The lowest BCUT2D eigenvalue weighted by Crippen LogP contribution is -2.42. The van der Waals surface area contributed by atoms with E-state index in [1.807, 2.05) is 6.92 Å². The van der Waals surface area contributed by atoms with Crippen LogP contribution in [0.5, 0.6) is 0 Å². The lowest BCUT2D eigenvalue weighted by molar-refractivity contribution is 0.0815. The zero-order valence-electron chi connectivity index (χ0n) is 8.83. The number of benzene rings is 1. The van der Waals surface area contributed by atoms with Crippen molar-refractivity contribution in [3.8, 4) is 0 Å². The van der Waals surface area contributed by atoms with E-state index >= 15 is 0 Å². The molecule has 1 aliphatic rings. The predicted octanol–water partition coefficient (Wildman–Crippen LogP) is 2.00. The number of rotatable bonds is 2. The molecule has 2 atom stereocenters. The third-order valence-electron chi connectivity index (χ3n) is 3.19. The van der Waals surface area contributed by atoms with Gasteiger partial charge in [0, 0.05) is 5.54 Å². The maximum atomic E-state index is 12.7. The normalized spacial score (nSPS) is 27.9. The van der Waals surface area contributed by atoms with Gasteiger partial charge < -0.3 is 10.4 Å². The molecule has 0 aromatic heterocycles. The standard InChI is InChI=1S/C12H16FNO/c1-12(7-2-8-14-12)11(15)9-3-5-10(13)6-4-9/h3-6,11,14-15H,2,7-8H2,1H3/t11-,12-/m1/s1. The summed E-state index contributed by atoms with van der Waals surface area (Å²) >= 11 is 0. The Morgan fingerprint density at radius 2 is 2.07 bits per heavy atom. The van der Waals surface area contributed by atoms with E-state index in [1.165, 1.54) is 12.1 Å². The second kappa shape index (κ2) is 3.91. The van der Waals surface area contributed by atoms with Gasteiger partial charge in [0.1, 0.15) is 5.82 Å². The molecule has 82 valence electrons. The van der Waals surface area contributed by atoms with Gasteiger partial charge in [0.05, 0.1) is 6.10 Å². The van der Waals surface area contributed by atoms with E-state index in [2.05, 4.69) is 5.32 Å². The highest BCUT2D eigenvalue weighted by Crippen LogP contribution is 2.32. The van der Waals surface area contributed by atoms with E-state index in [0.29, 0.717) is 0 Å². The molecule has 0 aliphatic carbocycles. The van der Waals surface area contributed by atoms with Crippen molar-refractivity contribution in [2.45, 2.75) is 31.4 Å². The van der Waals surface area contributed by atoms with Crippen LogP contribution in [0.15, 0.2) is 24.3 Å². The van der Waals surface area contributed by atoms with Crippen molar-refractivity contribution in [2.75, 3.05) is 6.54 Å². The Morgan fingerprint density at radius 1 is 1.40 bits per heavy atom. The average molecular weight is 209 g/mol. The minimum Gasteiger partial charge on any atom is -0.386 e. The van der Waals surface area contributed by atoms with Gasteiger partial charge >= 0.3 is 0 Å². The smallest absolute Gasteiger partial charge is 0.123 e. The van der Waals surface area contributed by atoms with Crippen LogP contribution in [0.1, 0.15) is 31.4 Å². The molecule has 0 spiro atoms. The third-order valence-corrected chi connectivity index (χ3v) is 3.19. The number of nitrogens with one attached hydrogen (secondary N) is 1. The van der Waals surface area contributed by atoms with E-state index in [0.717, 1.165) is 24.9 Å². The first-order chi connectivity index (χ1) is 7.12. The van der Waals surface area contributed by atoms with Gasteiger partial charge in [0.2, 0.25) is 0 Å². The highest BCUT2D eigenvalue weighted by molar-refractivity contribution is 5.22. The van der Waals surface area contributed by atoms with Crippen LogP contribution in [0, 0.1) is 5.82 Å². The summed E-state index contributed by atoms with van der Waals surface area (Å²) in [7, 11) is 0. The Kier molecular flexibility index (Phi) is 2.76. The van der Waals surface area contributed by atoms with E-state index < -0.39 is 6.10 Å². The zero-order valence-corrected chi connectivity index (χ0v) is 8.83. The molecule has 1 saturated heterocycles. The zero-order chi connectivity index (χ0) is 10.9. The molecule has 0 bridgehead atoms. The van der Waals surface area contributed by atoms with Crippen LogP contribution in [0.25, 0.3) is 0 Å². The molecule has 0 unspecified atom stereocenters. The molecular weight excluding hydrogens is 193 g/mol. The molecule has 1 aromatic carbocycles. The summed E-state index contributed by atoms with van der Waals surface area (Å²) in [6, 6.07) is 6.06. The monoisotopic (exact) mass is 209 g/mol. The summed E-state index contributed by atoms with van der Waals surface area (Å²) < 4.78 is 12.7. The van der Waals surface area contributed by atoms with E-state index in [-0.39, 0.29) is 11.4 Å². The molecule has 15 heavy (non-hydrogen) atoms. The van der Waals surface area contributed by atoms with Crippen LogP contribution >= 0.6 is 0 Å². The minimum absolute atomic E-state index is 0.266. The van der Waals surface area contributed by atoms with Crippen molar-refractivity contribution in [1.82, 2.24) is 5.32 Å². The maximum Gasteiger partial charge on any atom is 0.123 e. The van der Waals surface area contributed by atoms with Crippen molar-refractivity contribution >= 4 is 0 Å². The van der Waals surface area contributed by atoms with Crippen LogP contribution in [-0.2, 0) is 0 Å². The molecule has 2 rings (SSSR count). The largest absolute Gasteiger partial charge is 0.386 e. The summed E-state index contributed by atoms with van der Waals surface area (Å²) in [6.45, 7) is 2.95. The SMILES string of the molecule is C[C@]1([C@H](O)c2ccc(F)cc2)CCCN1. The summed E-state index contributed by atoms with van der Waals surface area (Å²) in [5, 5.41) is 13.5. The lowest BCUT2D eigenvalue weighted by atomic mass is 9.88. The van der Waals surface area contributed by atoms with Crippen LogP contribution in [0.3, 0.4) is 0 Å². The minimum atomic E-state index is -0.569. The average Bonchev–Trinajstić information content (AvgIpc) is 2.67. The Hall–Kier alpha value is -0.930. The van der Waals surface area contributed by atoms with Crippen molar-refractivity contribution in [2.24, 2.45) is 0 Å². The molecule has 2 N–H and O–H groups in total. The third kappa shape index (κ3) is 2.03. The van der Waals surface area contributed by atoms with Crippen molar-refractivity contribution in [3.05, 3.63) is 35.6 Å². The molecular formula is C12H16FNO. The Morgan fingerprint density at radius 3 is 2.60 bits per heavy atom.